The van der Waals surface area contributed by atoms with Crippen molar-refractivity contribution in [2.75, 3.05) is 11.5 Å². The summed E-state index contributed by atoms with van der Waals surface area (Å²) in [6.45, 7) is 6.06. The summed E-state index contributed by atoms with van der Waals surface area (Å²) >= 11 is 6.34. The first kappa shape index (κ1) is 23.4. The molecule has 1 unspecified atom stereocenters. The van der Waals surface area contributed by atoms with E-state index in [9.17, 15) is 14.7 Å². The van der Waals surface area contributed by atoms with Crippen LogP contribution in [-0.4, -0.2) is 29.5 Å². The van der Waals surface area contributed by atoms with Crippen molar-refractivity contribution in [3.63, 3.8) is 0 Å². The van der Waals surface area contributed by atoms with E-state index in [1.807, 2.05) is 20.8 Å². The lowest BCUT2D eigenvalue weighted by atomic mass is 9.99. The van der Waals surface area contributed by atoms with Crippen molar-refractivity contribution in [1.29, 1.82) is 0 Å². The van der Waals surface area contributed by atoms with E-state index in [0.717, 1.165) is 0 Å². The Morgan fingerprint density at radius 3 is 2.44 bits per heavy atom. The van der Waals surface area contributed by atoms with Gasteiger partial charge in [-0.15, -0.1) is 0 Å². The molecule has 0 radical (unpaired) electrons. The van der Waals surface area contributed by atoms with Crippen molar-refractivity contribution in [3.8, 4) is 11.5 Å². The molecule has 2 aromatic carbocycles. The molecular weight excluding hydrogens is 458 g/mol. The number of carbonyl (C=O) groups excluding carboxylic acids is 2. The SMILES string of the molecule is CCOc1ccc(Cl)c(/C(O)=C2/C(=O)C(=O)N(c3ccc(OC(C)C)cc3)C2c2ccco2)c1. The van der Waals surface area contributed by atoms with E-state index in [2.05, 4.69) is 0 Å². The number of ketones is 1. The topological polar surface area (TPSA) is 89.2 Å². The normalized spacial score (nSPS) is 17.4. The Bertz CT molecular complexity index is 1230. The van der Waals surface area contributed by atoms with Gasteiger partial charge in [-0.05, 0) is 75.4 Å². The van der Waals surface area contributed by atoms with E-state index in [1.54, 1.807) is 48.5 Å². The van der Waals surface area contributed by atoms with Crippen LogP contribution in [0.25, 0.3) is 5.76 Å². The second-order valence-electron chi connectivity index (χ2n) is 7.92. The molecule has 1 aromatic heterocycles. The average Bonchev–Trinajstić information content (AvgIpc) is 3.42. The van der Waals surface area contributed by atoms with Gasteiger partial charge < -0.3 is 19.0 Å². The molecule has 3 aromatic rings. The van der Waals surface area contributed by atoms with Crippen molar-refractivity contribution in [2.24, 2.45) is 0 Å². The fraction of sp³-hybridized carbons (Fsp3) is 0.231. The minimum atomic E-state index is -0.987. The highest BCUT2D eigenvalue weighted by molar-refractivity contribution is 6.51. The van der Waals surface area contributed by atoms with Crippen molar-refractivity contribution in [3.05, 3.63) is 82.8 Å². The Morgan fingerprint density at radius 1 is 1.12 bits per heavy atom. The number of carbonyl (C=O) groups is 2. The Morgan fingerprint density at radius 2 is 1.82 bits per heavy atom. The third kappa shape index (κ3) is 4.39. The lowest BCUT2D eigenvalue weighted by molar-refractivity contribution is -0.132. The van der Waals surface area contributed by atoms with Crippen LogP contribution in [0.15, 0.2) is 70.9 Å². The quantitative estimate of drug-likeness (QED) is 0.263. The summed E-state index contributed by atoms with van der Waals surface area (Å²) in [5, 5.41) is 11.4. The zero-order valence-electron chi connectivity index (χ0n) is 18.9. The van der Waals surface area contributed by atoms with Crippen molar-refractivity contribution in [1.82, 2.24) is 0 Å². The summed E-state index contributed by atoms with van der Waals surface area (Å²) in [6.07, 6.45) is 1.43. The number of benzene rings is 2. The predicted octanol–water partition coefficient (Wildman–Crippen LogP) is 5.75. The first-order chi connectivity index (χ1) is 16.3. The van der Waals surface area contributed by atoms with Crippen molar-refractivity contribution >= 4 is 34.7 Å². The van der Waals surface area contributed by atoms with Crippen LogP contribution >= 0.6 is 11.6 Å². The van der Waals surface area contributed by atoms with Crippen LogP contribution in [0.5, 0.6) is 11.5 Å². The van der Waals surface area contributed by atoms with Gasteiger partial charge in [0.25, 0.3) is 11.7 Å². The maximum Gasteiger partial charge on any atom is 0.300 e. The Labute approximate surface area is 202 Å². The van der Waals surface area contributed by atoms with Crippen LogP contribution < -0.4 is 14.4 Å². The number of halogens is 1. The van der Waals surface area contributed by atoms with E-state index >= 15 is 0 Å². The van der Waals surface area contributed by atoms with Crippen LogP contribution in [0, 0.1) is 0 Å². The van der Waals surface area contributed by atoms with Gasteiger partial charge in [0.2, 0.25) is 0 Å². The zero-order chi connectivity index (χ0) is 24.4. The minimum Gasteiger partial charge on any atom is -0.507 e. The van der Waals surface area contributed by atoms with Gasteiger partial charge in [0.05, 0.1) is 29.6 Å². The number of aliphatic hydroxyl groups is 1. The predicted molar refractivity (Wildman–Crippen MR) is 128 cm³/mol. The number of aliphatic hydroxyl groups excluding tert-OH is 1. The zero-order valence-corrected chi connectivity index (χ0v) is 19.7. The van der Waals surface area contributed by atoms with Crippen LogP contribution in [0.1, 0.15) is 38.1 Å². The van der Waals surface area contributed by atoms with Crippen LogP contribution in [-0.2, 0) is 9.59 Å². The summed E-state index contributed by atoms with van der Waals surface area (Å²) in [5.41, 5.74) is 0.508. The molecule has 8 heteroatoms. The fourth-order valence-electron chi connectivity index (χ4n) is 3.86. The molecule has 1 atom stereocenters. The number of furan rings is 1. The average molecular weight is 482 g/mol. The Balaban J connectivity index is 1.85. The number of anilines is 1. The monoisotopic (exact) mass is 481 g/mol. The van der Waals surface area contributed by atoms with Gasteiger partial charge >= 0.3 is 0 Å². The van der Waals surface area contributed by atoms with Gasteiger partial charge in [-0.3, -0.25) is 14.5 Å². The number of ether oxygens (including phenoxy) is 2. The first-order valence-electron chi connectivity index (χ1n) is 10.9. The van der Waals surface area contributed by atoms with Gasteiger partial charge in [0.1, 0.15) is 29.1 Å². The molecule has 34 heavy (non-hydrogen) atoms. The lowest BCUT2D eigenvalue weighted by Crippen LogP contribution is -2.29. The molecule has 4 rings (SSSR count). The van der Waals surface area contributed by atoms with Gasteiger partial charge in [-0.1, -0.05) is 11.6 Å². The molecule has 0 aliphatic carbocycles. The number of rotatable bonds is 7. The fourth-order valence-corrected chi connectivity index (χ4v) is 4.07. The maximum atomic E-state index is 13.2. The second kappa shape index (κ2) is 9.65. The van der Waals surface area contributed by atoms with Gasteiger partial charge in [-0.25, -0.2) is 0 Å². The standard InChI is InChI=1S/C26H24ClNO6/c1-4-32-18-11-12-20(27)19(14-18)24(29)22-23(21-6-5-13-33-21)28(26(31)25(22)30)16-7-9-17(10-8-16)34-15(2)3/h5-15,23,29H,4H2,1-3H3/b24-22-. The van der Waals surface area contributed by atoms with Crippen molar-refractivity contribution < 1.29 is 28.6 Å². The van der Waals surface area contributed by atoms with Gasteiger partial charge in [0.15, 0.2) is 0 Å². The number of Topliss-reactive ketones (excluding diaryl/α,β-unsaturated/α-hetero) is 1. The molecular formula is C26H24ClNO6. The third-order valence-electron chi connectivity index (χ3n) is 5.25. The molecule has 0 spiro atoms. The largest absolute Gasteiger partial charge is 0.507 e. The molecule has 1 saturated heterocycles. The Hall–Kier alpha value is -3.71. The van der Waals surface area contributed by atoms with Crippen LogP contribution in [0.4, 0.5) is 5.69 Å². The third-order valence-corrected chi connectivity index (χ3v) is 5.58. The molecule has 1 amide bonds. The highest BCUT2D eigenvalue weighted by Gasteiger charge is 2.48. The molecule has 0 bridgehead atoms. The Kier molecular flexibility index (Phi) is 6.65. The molecule has 1 aliphatic heterocycles. The number of hydrogen-bond acceptors (Lipinski definition) is 6. The molecule has 176 valence electrons. The number of nitrogens with zero attached hydrogens (tertiary/aromatic N) is 1. The summed E-state index contributed by atoms with van der Waals surface area (Å²) in [4.78, 5) is 27.7. The van der Waals surface area contributed by atoms with E-state index in [-0.39, 0.29) is 22.3 Å². The van der Waals surface area contributed by atoms with Crippen molar-refractivity contribution in [2.45, 2.75) is 32.9 Å². The summed E-state index contributed by atoms with van der Waals surface area (Å²) in [5.74, 6) is -0.631. The molecule has 1 N–H and O–H groups in total. The summed E-state index contributed by atoms with van der Waals surface area (Å²) in [7, 11) is 0. The second-order valence-corrected chi connectivity index (χ2v) is 8.33. The number of amides is 1. The smallest absolute Gasteiger partial charge is 0.300 e. The van der Waals surface area contributed by atoms with E-state index in [0.29, 0.717) is 29.6 Å². The molecule has 1 fully saturated rings. The molecule has 7 nitrogen and oxygen atoms in total. The van der Waals surface area contributed by atoms with E-state index in [4.69, 9.17) is 25.5 Å². The van der Waals surface area contributed by atoms with Gasteiger partial charge in [-0.2, -0.15) is 0 Å². The molecule has 1 aliphatic rings. The van der Waals surface area contributed by atoms with Gasteiger partial charge in [0, 0.05) is 11.3 Å². The number of hydrogen-bond donors (Lipinski definition) is 1. The van der Waals surface area contributed by atoms with E-state index < -0.39 is 23.5 Å². The minimum absolute atomic E-state index is 0.0135. The lowest BCUT2D eigenvalue weighted by Gasteiger charge is -2.24. The maximum absolute atomic E-state index is 13.2. The molecule has 0 saturated carbocycles. The first-order valence-corrected chi connectivity index (χ1v) is 11.2. The summed E-state index contributed by atoms with van der Waals surface area (Å²) < 4.78 is 16.8. The highest BCUT2D eigenvalue weighted by Crippen LogP contribution is 2.43. The summed E-state index contributed by atoms with van der Waals surface area (Å²) in [6, 6.07) is 13.9. The van der Waals surface area contributed by atoms with E-state index in [1.165, 1.54) is 17.2 Å². The van der Waals surface area contributed by atoms with Crippen LogP contribution in [0.2, 0.25) is 5.02 Å². The van der Waals surface area contributed by atoms with Crippen LogP contribution in [0.3, 0.4) is 0 Å². The highest BCUT2D eigenvalue weighted by atomic mass is 35.5. The molecule has 2 heterocycles.